The first kappa shape index (κ1) is 22.2. The monoisotopic (exact) mass is 474 g/mol. The molecule has 0 aromatic carbocycles. The molecule has 3 rings (SSSR count). The van der Waals surface area contributed by atoms with Crippen molar-refractivity contribution in [1.29, 1.82) is 0 Å². The topological polar surface area (TPSA) is 154 Å². The average Bonchev–Trinajstić information content (AvgIpc) is 2.87. The number of alkyl halides is 3. The summed E-state index contributed by atoms with van der Waals surface area (Å²) < 4.78 is 98.5. The largest absolute Gasteiger partial charge is 0.418 e. The molecule has 0 unspecified atom stereocenters. The lowest BCUT2D eigenvalue weighted by atomic mass is 10.1. The number of nitrogens with zero attached hydrogens (tertiary/aromatic N) is 4. The van der Waals surface area contributed by atoms with Crippen molar-refractivity contribution >= 4 is 32.9 Å². The number of fused-ring (bicyclic) bond motifs is 2. The van der Waals surface area contributed by atoms with Gasteiger partial charge in [0.1, 0.15) is 6.17 Å². The molecule has 0 spiro atoms. The van der Waals surface area contributed by atoms with Crippen LogP contribution in [0.5, 0.6) is 0 Å². The van der Waals surface area contributed by atoms with E-state index in [-0.39, 0.29) is 36.3 Å². The molecule has 1 aromatic heterocycles. The summed E-state index contributed by atoms with van der Waals surface area (Å²) in [7, 11) is -9.78. The molecule has 3 amide bonds. The van der Waals surface area contributed by atoms with Gasteiger partial charge < -0.3 is 0 Å². The van der Waals surface area contributed by atoms with Crippen molar-refractivity contribution < 1.29 is 48.4 Å². The summed E-state index contributed by atoms with van der Waals surface area (Å²) in [5, 5.41) is -0.510. The maximum atomic E-state index is 12.7. The zero-order valence-electron chi connectivity index (χ0n) is 14.6. The van der Waals surface area contributed by atoms with E-state index in [1.165, 1.54) is 0 Å². The average molecular weight is 474 g/mol. The van der Waals surface area contributed by atoms with Crippen LogP contribution in [0.2, 0.25) is 0 Å². The minimum Gasteiger partial charge on any atom is -0.299 e. The van der Waals surface area contributed by atoms with E-state index in [1.54, 1.807) is 0 Å². The number of aromatic nitrogens is 1. The quantitative estimate of drug-likeness (QED) is 0.450. The second-order valence-corrected chi connectivity index (χ2v) is 9.09. The predicted octanol–water partition coefficient (Wildman–Crippen LogP) is 0.208. The number of pyridine rings is 1. The highest BCUT2D eigenvalue weighted by Gasteiger charge is 2.51. The minimum absolute atomic E-state index is 0.00271. The fourth-order valence-corrected chi connectivity index (χ4v) is 4.85. The molecule has 2 bridgehead atoms. The van der Waals surface area contributed by atoms with E-state index in [4.69, 9.17) is 4.55 Å². The van der Waals surface area contributed by atoms with E-state index in [1.807, 2.05) is 0 Å². The van der Waals surface area contributed by atoms with Gasteiger partial charge in [-0.25, -0.2) is 14.1 Å². The van der Waals surface area contributed by atoms with Gasteiger partial charge in [0.25, 0.3) is 10.0 Å². The lowest BCUT2D eigenvalue weighted by Gasteiger charge is -2.35. The first-order chi connectivity index (χ1) is 13.8. The van der Waals surface area contributed by atoms with Gasteiger partial charge in [-0.1, -0.05) is 0 Å². The second-order valence-electron chi connectivity index (χ2n) is 6.30. The standard InChI is InChI=1S/C13H13F3N4O8S2/c14-13(15,16)8-1-3-10(17-5-8)29(23,24)19(7-21)11-4-2-9-6-18(11)12(22)20(9)28-30(25,26)27/h1,3,5,7,9,11H,2,4,6H2,(H,25,26,27)/t9-,11+/m1/s1. The van der Waals surface area contributed by atoms with Crippen LogP contribution in [0.1, 0.15) is 18.4 Å². The number of halogens is 3. The third-order valence-corrected chi connectivity index (χ3v) is 6.47. The lowest BCUT2D eigenvalue weighted by Crippen LogP contribution is -2.52. The van der Waals surface area contributed by atoms with Crippen molar-refractivity contribution in [2.75, 3.05) is 6.54 Å². The van der Waals surface area contributed by atoms with Crippen LogP contribution in [0.4, 0.5) is 18.0 Å². The Bertz CT molecular complexity index is 1060. The Balaban J connectivity index is 1.89. The van der Waals surface area contributed by atoms with Crippen LogP contribution in [0.15, 0.2) is 23.4 Å². The first-order valence-electron chi connectivity index (χ1n) is 8.04. The molecular formula is C13H13F3N4O8S2. The Labute approximate surface area is 167 Å². The molecule has 2 saturated heterocycles. The van der Waals surface area contributed by atoms with E-state index in [9.17, 15) is 39.6 Å². The Kier molecular flexibility index (Phi) is 5.42. The number of urea groups is 1. The summed E-state index contributed by atoms with van der Waals surface area (Å²) in [6.07, 6.45) is -6.12. The molecule has 0 saturated carbocycles. The third-order valence-electron chi connectivity index (χ3n) is 4.47. The van der Waals surface area contributed by atoms with Crippen LogP contribution in [0.3, 0.4) is 0 Å². The van der Waals surface area contributed by atoms with Crippen molar-refractivity contribution in [2.45, 2.75) is 36.3 Å². The number of hydrogen-bond acceptors (Lipinski definition) is 8. The highest BCUT2D eigenvalue weighted by atomic mass is 32.3. The SMILES string of the molecule is O=CN([C@H]1CC[C@@H]2CN1C(=O)N2OS(=O)(=O)O)S(=O)(=O)c1ccc(C(F)(F)F)cn1. The number of carbonyl (C=O) groups is 2. The summed E-state index contributed by atoms with van der Waals surface area (Å²) in [5.41, 5.74) is -1.20. The maximum absolute atomic E-state index is 12.7. The Morgan fingerprint density at radius 3 is 2.40 bits per heavy atom. The van der Waals surface area contributed by atoms with Crippen molar-refractivity contribution in [2.24, 2.45) is 0 Å². The van der Waals surface area contributed by atoms with Crippen LogP contribution in [0.25, 0.3) is 0 Å². The summed E-state index contributed by atoms with van der Waals surface area (Å²) in [6.45, 7) is -0.223. The van der Waals surface area contributed by atoms with Gasteiger partial charge in [-0.15, -0.1) is 4.28 Å². The molecule has 12 nitrogen and oxygen atoms in total. The molecule has 0 aliphatic carbocycles. The van der Waals surface area contributed by atoms with Crippen molar-refractivity contribution in [3.63, 3.8) is 0 Å². The molecule has 1 aromatic rings. The van der Waals surface area contributed by atoms with E-state index < -0.39 is 55.4 Å². The van der Waals surface area contributed by atoms with Gasteiger partial charge >= 0.3 is 22.6 Å². The highest BCUT2D eigenvalue weighted by Crippen LogP contribution is 2.34. The number of piperidine rings is 1. The van der Waals surface area contributed by atoms with E-state index in [0.717, 1.165) is 4.90 Å². The third kappa shape index (κ3) is 4.05. The van der Waals surface area contributed by atoms with Crippen LogP contribution in [-0.4, -0.2) is 71.8 Å². The van der Waals surface area contributed by atoms with Crippen LogP contribution >= 0.6 is 0 Å². The smallest absolute Gasteiger partial charge is 0.299 e. The number of hydroxylamine groups is 2. The van der Waals surface area contributed by atoms with Gasteiger partial charge in [-0.2, -0.15) is 35.1 Å². The Morgan fingerprint density at radius 1 is 1.23 bits per heavy atom. The van der Waals surface area contributed by atoms with Gasteiger partial charge in [0.2, 0.25) is 6.41 Å². The number of hydrogen-bond donors (Lipinski definition) is 1. The lowest BCUT2D eigenvalue weighted by molar-refractivity contribution is -0.138. The van der Waals surface area contributed by atoms with E-state index >= 15 is 0 Å². The molecule has 30 heavy (non-hydrogen) atoms. The first-order valence-corrected chi connectivity index (χ1v) is 10.8. The Morgan fingerprint density at radius 2 is 1.90 bits per heavy atom. The summed E-state index contributed by atoms with van der Waals surface area (Å²) >= 11 is 0. The van der Waals surface area contributed by atoms with Crippen LogP contribution < -0.4 is 0 Å². The molecule has 17 heteroatoms. The number of rotatable bonds is 6. The van der Waals surface area contributed by atoms with Crippen LogP contribution in [-0.2, 0) is 35.7 Å². The van der Waals surface area contributed by atoms with Gasteiger partial charge in [-0.05, 0) is 25.0 Å². The minimum atomic E-state index is -5.03. The fraction of sp³-hybridized carbons (Fsp3) is 0.462. The maximum Gasteiger partial charge on any atom is 0.418 e. The summed E-state index contributed by atoms with van der Waals surface area (Å²) in [6, 6.07) is -0.916. The number of amides is 3. The molecule has 2 aliphatic rings. The molecule has 2 aliphatic heterocycles. The van der Waals surface area contributed by atoms with E-state index in [0.29, 0.717) is 17.2 Å². The fourth-order valence-electron chi connectivity index (χ4n) is 3.17. The number of sulfonamides is 1. The van der Waals surface area contributed by atoms with Gasteiger partial charge in [0.15, 0.2) is 5.03 Å². The normalized spacial score (nSPS) is 22.3. The second kappa shape index (κ2) is 7.33. The van der Waals surface area contributed by atoms with Gasteiger partial charge in [0, 0.05) is 12.7 Å². The summed E-state index contributed by atoms with van der Waals surface area (Å²) in [5.74, 6) is 0. The predicted molar refractivity (Wildman–Crippen MR) is 87.7 cm³/mol. The Hall–Kier alpha value is -2.50. The number of carbonyl (C=O) groups excluding carboxylic acids is 2. The van der Waals surface area contributed by atoms with Crippen molar-refractivity contribution in [3.8, 4) is 0 Å². The van der Waals surface area contributed by atoms with E-state index in [2.05, 4.69) is 9.27 Å². The molecule has 166 valence electrons. The summed E-state index contributed by atoms with van der Waals surface area (Å²) in [4.78, 5) is 28.0. The molecule has 3 heterocycles. The van der Waals surface area contributed by atoms with Crippen molar-refractivity contribution in [3.05, 3.63) is 23.9 Å². The van der Waals surface area contributed by atoms with Gasteiger partial charge in [-0.3, -0.25) is 14.2 Å². The molecule has 1 N–H and O–H groups in total. The molecule has 0 radical (unpaired) electrons. The molecular weight excluding hydrogens is 461 g/mol. The molecule has 2 fully saturated rings. The van der Waals surface area contributed by atoms with Crippen molar-refractivity contribution in [1.82, 2.24) is 19.3 Å². The zero-order valence-corrected chi connectivity index (χ0v) is 16.3. The van der Waals surface area contributed by atoms with Gasteiger partial charge in [0.05, 0.1) is 11.6 Å². The van der Waals surface area contributed by atoms with Crippen LogP contribution in [0, 0.1) is 0 Å². The molecule has 2 atom stereocenters. The zero-order chi connectivity index (χ0) is 22.5. The highest BCUT2D eigenvalue weighted by molar-refractivity contribution is 7.89.